The van der Waals surface area contributed by atoms with E-state index >= 15 is 0 Å². The summed E-state index contributed by atoms with van der Waals surface area (Å²) in [5.74, 6) is -2.96. The summed E-state index contributed by atoms with van der Waals surface area (Å²) in [6.07, 6.45) is -5.02. The van der Waals surface area contributed by atoms with Crippen LogP contribution < -0.4 is 10.1 Å². The zero-order valence-electron chi connectivity index (χ0n) is 20.6. The molecule has 3 aromatic rings. The quantitative estimate of drug-likeness (QED) is 0.106. The molecule has 0 atom stereocenters. The van der Waals surface area contributed by atoms with Gasteiger partial charge in [0.2, 0.25) is 11.8 Å². The number of alkyl halides is 4. The first-order chi connectivity index (χ1) is 18.2. The fraction of sp³-hybridized carbons (Fsp3) is 0.192. The summed E-state index contributed by atoms with van der Waals surface area (Å²) in [6.45, 7) is 2.06. The van der Waals surface area contributed by atoms with Gasteiger partial charge in [0.25, 0.3) is 0 Å². The molecule has 0 radical (unpaired) electrons. The maximum absolute atomic E-state index is 12.7. The van der Waals surface area contributed by atoms with Crippen molar-refractivity contribution in [2.75, 3.05) is 15.1 Å². The van der Waals surface area contributed by atoms with Crippen molar-refractivity contribution in [2.45, 2.75) is 27.6 Å². The Kier molecular flexibility index (Phi) is 13.1. The molecule has 0 unspecified atom stereocenters. The van der Waals surface area contributed by atoms with Crippen LogP contribution in [0.25, 0.3) is 0 Å². The number of anilines is 2. The molecule has 2 amide bonds. The van der Waals surface area contributed by atoms with Gasteiger partial charge in [0.1, 0.15) is 11.6 Å². The van der Waals surface area contributed by atoms with Gasteiger partial charge in [0.05, 0.1) is 11.4 Å². The summed E-state index contributed by atoms with van der Waals surface area (Å²) in [5, 5.41) is 9.41. The maximum atomic E-state index is 12.7. The molecule has 0 bridgehead atoms. The van der Waals surface area contributed by atoms with E-state index in [1.54, 1.807) is 0 Å². The number of halogens is 6. The fourth-order valence-electron chi connectivity index (χ4n) is 2.84. The topological polar surface area (TPSA) is 96.4 Å². The number of fused-ring (bicyclic) bond motifs is 1. The van der Waals surface area contributed by atoms with Crippen molar-refractivity contribution in [1.82, 2.24) is 0 Å². The van der Waals surface area contributed by atoms with Crippen molar-refractivity contribution in [3.05, 3.63) is 93.6 Å². The van der Waals surface area contributed by atoms with E-state index in [0.29, 0.717) is 5.06 Å². The predicted molar refractivity (Wildman–Crippen MR) is 145 cm³/mol. The molecule has 14 heteroatoms. The molecule has 1 N–H and O–H groups in total. The Balaban J connectivity index is 0.000000302. The first kappa shape index (κ1) is 34.4. The second-order valence-electron chi connectivity index (χ2n) is 7.41. The molecule has 218 valence electrons. The normalized spacial score (nSPS) is 12.3. The van der Waals surface area contributed by atoms with Crippen molar-refractivity contribution in [3.63, 3.8) is 0 Å². The molecule has 3 aromatic carbocycles. The molecule has 1 aliphatic rings. The summed E-state index contributed by atoms with van der Waals surface area (Å²) < 4.78 is 67.4. The van der Waals surface area contributed by atoms with Gasteiger partial charge in [0.15, 0.2) is 0 Å². The molecule has 0 aromatic heterocycles. The molecule has 1 aliphatic heterocycles. The Bertz CT molecular complexity index is 1320. The van der Waals surface area contributed by atoms with Crippen molar-refractivity contribution in [2.24, 2.45) is 0 Å². The zero-order chi connectivity index (χ0) is 29.3. The molecule has 40 heavy (non-hydrogen) atoms. The van der Waals surface area contributed by atoms with Gasteiger partial charge in [-0.3, -0.25) is 14.8 Å². The van der Waals surface area contributed by atoms with Gasteiger partial charge in [0, 0.05) is 26.0 Å². The Morgan fingerprint density at radius 1 is 0.875 bits per heavy atom. The van der Waals surface area contributed by atoms with E-state index in [1.807, 2.05) is 29.2 Å². The Morgan fingerprint density at radius 2 is 1.40 bits per heavy atom. The summed E-state index contributed by atoms with van der Waals surface area (Å²) >= 11 is -1.52. The number of carbonyl (C=O) groups excluding carboxylic acids is 3. The Hall–Kier alpha value is -3.63. The van der Waals surface area contributed by atoms with Crippen molar-refractivity contribution in [1.29, 1.82) is 0 Å². The standard InChI is InChI=1S/C9H7F4NO2.C8H8FNO2.C8H7IO2.CH4/c1-6(15)14(16-9(11,12)13)8-4-2-3-7(10)5-8;1-6(11)10(12)8-4-2-3-7(9)5-8;1-9-7-5-3-2-4-6(7)8(10)11-9;/h2-5H,1H3;2-5,12H,1H3;2-5H,1H3;1H4. The van der Waals surface area contributed by atoms with E-state index in [0.717, 1.165) is 40.3 Å². The van der Waals surface area contributed by atoms with E-state index in [1.165, 1.54) is 31.2 Å². The van der Waals surface area contributed by atoms with Crippen molar-refractivity contribution >= 4 is 49.4 Å². The average molecular weight is 684 g/mol. The summed E-state index contributed by atoms with van der Waals surface area (Å²) in [4.78, 5) is 38.1. The van der Waals surface area contributed by atoms with Gasteiger partial charge in [-0.2, -0.15) is 15.0 Å². The van der Waals surface area contributed by atoms with Gasteiger partial charge in [-0.25, -0.2) is 8.78 Å². The van der Waals surface area contributed by atoms with Gasteiger partial charge >= 0.3 is 78.8 Å². The van der Waals surface area contributed by atoms with Crippen LogP contribution in [0, 0.1) is 15.2 Å². The number of hydrogen-bond acceptors (Lipinski definition) is 6. The molecule has 8 nitrogen and oxygen atoms in total. The van der Waals surface area contributed by atoms with Crippen molar-refractivity contribution < 1.29 is 49.4 Å². The second-order valence-corrected chi connectivity index (χ2v) is 11.4. The van der Waals surface area contributed by atoms with Crippen LogP contribution in [0.15, 0.2) is 72.8 Å². The number of nitrogens with zero attached hydrogens (tertiary/aromatic N) is 2. The number of carbonyl (C=O) groups is 3. The minimum atomic E-state index is -5.02. The Labute approximate surface area is 234 Å². The minimum absolute atomic E-state index is 0. The number of hydrogen-bond donors (Lipinski definition) is 1. The molecule has 0 aliphatic carbocycles. The molecular weight excluding hydrogens is 658 g/mol. The SMILES string of the molecule is C.CC(=O)N(O)c1cccc(F)c1.CC(=O)N(OC(F)(F)F)c1cccc(F)c1.CI1OC(=O)c2ccccc21. The molecule has 0 spiro atoms. The van der Waals surface area contributed by atoms with Crippen LogP contribution in [-0.2, 0) is 17.5 Å². The summed E-state index contributed by atoms with van der Waals surface area (Å²) in [5.41, 5.74) is 0.576. The predicted octanol–water partition coefficient (Wildman–Crippen LogP) is 6.91. The third-order valence-electron chi connectivity index (χ3n) is 4.44. The summed E-state index contributed by atoms with van der Waals surface area (Å²) in [7, 11) is 0. The second kappa shape index (κ2) is 15.2. The molecule has 0 saturated heterocycles. The third-order valence-corrected chi connectivity index (χ3v) is 8.08. The van der Waals surface area contributed by atoms with Gasteiger partial charge in [-0.05, 0) is 24.3 Å². The van der Waals surface area contributed by atoms with Crippen LogP contribution in [-0.4, -0.2) is 34.3 Å². The number of rotatable bonds is 3. The molecule has 0 fully saturated rings. The van der Waals surface area contributed by atoms with E-state index in [-0.39, 0.29) is 29.8 Å². The van der Waals surface area contributed by atoms with Gasteiger partial charge in [-0.1, -0.05) is 19.6 Å². The number of benzene rings is 3. The molecular formula is C26H26F5IN2O6. The Morgan fingerprint density at radius 3 is 1.88 bits per heavy atom. The van der Waals surface area contributed by atoms with Crippen molar-refractivity contribution in [3.8, 4) is 0 Å². The van der Waals surface area contributed by atoms with E-state index in [4.69, 9.17) is 8.27 Å². The van der Waals surface area contributed by atoms with Crippen LogP contribution in [0.2, 0.25) is 0 Å². The third kappa shape index (κ3) is 10.5. The molecule has 1 heterocycles. The monoisotopic (exact) mass is 684 g/mol. The van der Waals surface area contributed by atoms with Crippen LogP contribution in [0.1, 0.15) is 31.6 Å². The van der Waals surface area contributed by atoms with E-state index < -0.39 is 50.0 Å². The first-order valence-electron chi connectivity index (χ1n) is 10.7. The first-order valence-corrected chi connectivity index (χ1v) is 14.8. The summed E-state index contributed by atoms with van der Waals surface area (Å²) in [6, 6.07) is 16.9. The molecule has 4 rings (SSSR count). The number of hydroxylamine groups is 2. The fourth-order valence-corrected chi connectivity index (χ4v) is 5.85. The van der Waals surface area contributed by atoms with E-state index in [9.17, 15) is 36.3 Å². The zero-order valence-corrected chi connectivity index (χ0v) is 22.7. The van der Waals surface area contributed by atoms with Crippen LogP contribution in [0.5, 0.6) is 0 Å². The van der Waals surface area contributed by atoms with Crippen LogP contribution in [0.4, 0.5) is 33.3 Å². The average Bonchev–Trinajstić information content (AvgIpc) is 3.15. The van der Waals surface area contributed by atoms with E-state index in [2.05, 4.69) is 4.84 Å². The number of amides is 2. The molecule has 0 saturated carbocycles. The van der Waals surface area contributed by atoms with Crippen LogP contribution in [0.3, 0.4) is 0 Å². The van der Waals surface area contributed by atoms with Gasteiger partial charge in [-0.15, -0.1) is 13.2 Å². The van der Waals surface area contributed by atoms with Gasteiger partial charge < -0.3 is 0 Å². The van der Waals surface area contributed by atoms with Crippen LogP contribution >= 0.6 is 20.2 Å².